The molecule has 88 valence electrons. The van der Waals surface area contributed by atoms with E-state index in [-0.39, 0.29) is 11.5 Å². The van der Waals surface area contributed by atoms with E-state index in [1.807, 2.05) is 0 Å². The number of aromatic nitrogens is 1. The number of amides is 1. The minimum atomic E-state index is -1.06. The van der Waals surface area contributed by atoms with Crippen molar-refractivity contribution in [3.63, 3.8) is 0 Å². The first-order valence-corrected chi connectivity index (χ1v) is 6.38. The second kappa shape index (κ2) is 4.64. The average Bonchev–Trinajstić information content (AvgIpc) is 2.86. The van der Waals surface area contributed by atoms with Crippen molar-refractivity contribution >= 4 is 39.6 Å². The fourth-order valence-electron chi connectivity index (χ4n) is 1.21. The van der Waals surface area contributed by atoms with Crippen LogP contribution in [0.2, 0.25) is 0 Å². The third kappa shape index (κ3) is 2.51. The Morgan fingerprint density at radius 1 is 1.41 bits per heavy atom. The topological polar surface area (TPSA) is 79.3 Å². The van der Waals surface area contributed by atoms with Crippen LogP contribution in [-0.2, 0) is 0 Å². The number of aryl methyl sites for hydroxylation is 1. The van der Waals surface area contributed by atoms with Gasteiger partial charge in [0, 0.05) is 5.38 Å². The molecule has 0 saturated carbocycles. The van der Waals surface area contributed by atoms with E-state index in [4.69, 9.17) is 5.11 Å². The Balaban J connectivity index is 2.18. The highest BCUT2D eigenvalue weighted by Gasteiger charge is 2.16. The van der Waals surface area contributed by atoms with Gasteiger partial charge < -0.3 is 10.4 Å². The molecule has 2 aromatic heterocycles. The Hall–Kier alpha value is -1.73. The van der Waals surface area contributed by atoms with E-state index in [9.17, 15) is 9.59 Å². The number of hydrogen-bond acceptors (Lipinski definition) is 5. The molecule has 2 N–H and O–H groups in total. The van der Waals surface area contributed by atoms with Gasteiger partial charge in [0.2, 0.25) is 0 Å². The average molecular weight is 268 g/mol. The first-order valence-electron chi connectivity index (χ1n) is 4.62. The molecule has 0 atom stereocenters. The molecule has 0 radical (unpaired) electrons. The number of rotatable bonds is 3. The van der Waals surface area contributed by atoms with Crippen molar-refractivity contribution in [2.45, 2.75) is 6.92 Å². The van der Waals surface area contributed by atoms with Crippen LogP contribution in [0, 0.1) is 6.92 Å². The lowest BCUT2D eigenvalue weighted by molar-refractivity contribution is 0.0698. The Morgan fingerprint density at radius 3 is 2.76 bits per heavy atom. The summed E-state index contributed by atoms with van der Waals surface area (Å²) in [4.78, 5) is 26.6. The third-order valence-electron chi connectivity index (χ3n) is 1.97. The number of thiophene rings is 1. The van der Waals surface area contributed by atoms with Gasteiger partial charge in [-0.05, 0) is 18.4 Å². The first-order chi connectivity index (χ1) is 8.08. The summed E-state index contributed by atoms with van der Waals surface area (Å²) >= 11 is 2.54. The van der Waals surface area contributed by atoms with Crippen LogP contribution in [0.5, 0.6) is 0 Å². The van der Waals surface area contributed by atoms with E-state index < -0.39 is 5.97 Å². The maximum absolute atomic E-state index is 11.7. The van der Waals surface area contributed by atoms with Crippen molar-refractivity contribution in [3.8, 4) is 0 Å². The van der Waals surface area contributed by atoms with Gasteiger partial charge in [0.15, 0.2) is 0 Å². The molecule has 1 amide bonds. The number of carboxylic acids is 1. The summed E-state index contributed by atoms with van der Waals surface area (Å²) in [5, 5.41) is 15.8. The minimum Gasteiger partial charge on any atom is -0.478 e. The van der Waals surface area contributed by atoms with Gasteiger partial charge in [-0.15, -0.1) is 22.7 Å². The fourth-order valence-corrected chi connectivity index (χ4v) is 2.58. The van der Waals surface area contributed by atoms with Gasteiger partial charge in [0.05, 0.1) is 10.6 Å². The molecule has 0 bridgehead atoms. The Kier molecular flexibility index (Phi) is 3.21. The Bertz CT molecular complexity index is 574. The quantitative estimate of drug-likeness (QED) is 0.896. The molecule has 0 aliphatic heterocycles. The summed E-state index contributed by atoms with van der Waals surface area (Å²) in [6, 6.07) is 1.45. The van der Waals surface area contributed by atoms with Gasteiger partial charge in [0.25, 0.3) is 5.91 Å². The van der Waals surface area contributed by atoms with Crippen LogP contribution in [-0.4, -0.2) is 22.0 Å². The molecule has 5 nitrogen and oxygen atoms in total. The third-order valence-corrected chi connectivity index (χ3v) is 3.58. The standard InChI is InChI=1S/C10H8N2O3S2/c1-5-11-7(4-17-5)8(13)12-9-6(10(14)15)2-3-16-9/h2-4H,1H3,(H,12,13)(H,14,15). The lowest BCUT2D eigenvalue weighted by Crippen LogP contribution is -2.13. The second-order valence-corrected chi connectivity index (χ2v) is 5.15. The van der Waals surface area contributed by atoms with E-state index in [1.165, 1.54) is 28.7 Å². The molecule has 0 aliphatic rings. The van der Waals surface area contributed by atoms with Gasteiger partial charge in [0.1, 0.15) is 10.7 Å². The zero-order valence-corrected chi connectivity index (χ0v) is 10.4. The maximum atomic E-state index is 11.7. The molecule has 2 aromatic rings. The number of carboxylic acid groups (broad SMARTS) is 1. The molecular formula is C10H8N2O3S2. The first kappa shape index (κ1) is 11.7. The molecule has 0 saturated heterocycles. The molecular weight excluding hydrogens is 260 g/mol. The number of carbonyl (C=O) groups excluding carboxylic acids is 1. The molecule has 0 aromatic carbocycles. The van der Waals surface area contributed by atoms with Crippen molar-refractivity contribution in [2.24, 2.45) is 0 Å². The van der Waals surface area contributed by atoms with Gasteiger partial charge in [-0.25, -0.2) is 9.78 Å². The van der Waals surface area contributed by atoms with Crippen LogP contribution >= 0.6 is 22.7 Å². The molecule has 0 aliphatic carbocycles. The van der Waals surface area contributed by atoms with Crippen LogP contribution in [0.25, 0.3) is 0 Å². The number of carbonyl (C=O) groups is 2. The van der Waals surface area contributed by atoms with Crippen molar-refractivity contribution < 1.29 is 14.7 Å². The van der Waals surface area contributed by atoms with E-state index in [2.05, 4.69) is 10.3 Å². The number of hydrogen-bond donors (Lipinski definition) is 2. The predicted molar refractivity (Wildman–Crippen MR) is 66.1 cm³/mol. The van der Waals surface area contributed by atoms with Crippen LogP contribution < -0.4 is 5.32 Å². The largest absolute Gasteiger partial charge is 0.478 e. The van der Waals surface area contributed by atoms with Gasteiger partial charge in [-0.1, -0.05) is 0 Å². The molecule has 0 unspecified atom stereocenters. The van der Waals surface area contributed by atoms with Gasteiger partial charge in [-0.2, -0.15) is 0 Å². The summed E-state index contributed by atoms with van der Waals surface area (Å²) in [5.41, 5.74) is 0.396. The van der Waals surface area contributed by atoms with E-state index in [0.29, 0.717) is 10.7 Å². The van der Waals surface area contributed by atoms with Crippen LogP contribution in [0.4, 0.5) is 5.00 Å². The molecule has 0 fully saturated rings. The number of anilines is 1. The summed E-state index contributed by atoms with van der Waals surface area (Å²) in [6.45, 7) is 1.80. The number of nitrogens with zero attached hydrogens (tertiary/aromatic N) is 1. The minimum absolute atomic E-state index is 0.0929. The zero-order valence-electron chi connectivity index (χ0n) is 8.76. The SMILES string of the molecule is Cc1nc(C(=O)Nc2sccc2C(=O)O)cs1. The van der Waals surface area contributed by atoms with Crippen LogP contribution in [0.3, 0.4) is 0 Å². The second-order valence-electron chi connectivity index (χ2n) is 3.17. The lowest BCUT2D eigenvalue weighted by Gasteiger charge is -2.01. The highest BCUT2D eigenvalue weighted by molar-refractivity contribution is 7.14. The van der Waals surface area contributed by atoms with Crippen LogP contribution in [0.1, 0.15) is 25.9 Å². The highest BCUT2D eigenvalue weighted by Crippen LogP contribution is 2.23. The molecule has 7 heteroatoms. The Labute approximate surface area is 105 Å². The van der Waals surface area contributed by atoms with Crippen LogP contribution in [0.15, 0.2) is 16.8 Å². The smallest absolute Gasteiger partial charge is 0.338 e. The van der Waals surface area contributed by atoms with E-state index >= 15 is 0 Å². The number of aromatic carboxylic acids is 1. The normalized spacial score (nSPS) is 10.2. The van der Waals surface area contributed by atoms with Crippen molar-refractivity contribution in [1.29, 1.82) is 0 Å². The highest BCUT2D eigenvalue weighted by atomic mass is 32.1. The Morgan fingerprint density at radius 2 is 2.18 bits per heavy atom. The number of thiazole rings is 1. The van der Waals surface area contributed by atoms with Gasteiger partial charge >= 0.3 is 5.97 Å². The molecule has 2 heterocycles. The van der Waals surface area contributed by atoms with Gasteiger partial charge in [-0.3, -0.25) is 4.79 Å². The van der Waals surface area contributed by atoms with Crippen molar-refractivity contribution in [2.75, 3.05) is 5.32 Å². The predicted octanol–water partition coefficient (Wildman–Crippen LogP) is 2.46. The summed E-state index contributed by atoms with van der Waals surface area (Å²) in [5.74, 6) is -1.45. The number of nitrogens with one attached hydrogen (secondary N) is 1. The zero-order chi connectivity index (χ0) is 12.4. The summed E-state index contributed by atoms with van der Waals surface area (Å²) in [7, 11) is 0. The lowest BCUT2D eigenvalue weighted by atomic mass is 10.3. The molecule has 17 heavy (non-hydrogen) atoms. The maximum Gasteiger partial charge on any atom is 0.338 e. The van der Waals surface area contributed by atoms with E-state index in [0.717, 1.165) is 5.01 Å². The summed E-state index contributed by atoms with van der Waals surface area (Å²) in [6.07, 6.45) is 0. The monoisotopic (exact) mass is 268 g/mol. The fraction of sp³-hybridized carbons (Fsp3) is 0.100. The van der Waals surface area contributed by atoms with Crippen molar-refractivity contribution in [3.05, 3.63) is 33.1 Å². The van der Waals surface area contributed by atoms with Crippen molar-refractivity contribution in [1.82, 2.24) is 4.98 Å². The summed E-state index contributed by atoms with van der Waals surface area (Å²) < 4.78 is 0. The van der Waals surface area contributed by atoms with E-state index in [1.54, 1.807) is 17.7 Å². The molecule has 0 spiro atoms. The molecule has 2 rings (SSSR count).